The van der Waals surface area contributed by atoms with E-state index in [2.05, 4.69) is 10.5 Å². The molecule has 0 fully saturated rings. The molecule has 146 valence electrons. The van der Waals surface area contributed by atoms with E-state index in [9.17, 15) is 4.79 Å². The van der Waals surface area contributed by atoms with E-state index in [1.165, 1.54) is 0 Å². The van der Waals surface area contributed by atoms with Gasteiger partial charge in [-0.15, -0.1) is 0 Å². The van der Waals surface area contributed by atoms with E-state index in [-0.39, 0.29) is 12.0 Å². The minimum absolute atomic E-state index is 0.281. The first kappa shape index (κ1) is 19.4. The highest BCUT2D eigenvalue weighted by molar-refractivity contribution is 5.93. The second-order valence-corrected chi connectivity index (χ2v) is 6.14. The van der Waals surface area contributed by atoms with Crippen LogP contribution in [0.15, 0.2) is 59.2 Å². The van der Waals surface area contributed by atoms with E-state index in [1.54, 1.807) is 56.9 Å². The SMILES string of the molecule is COc1ccc(-c2nc(CC(C)ONC(=O)c3ccccc3)co2)cc1OC. The molecule has 1 atom stereocenters. The van der Waals surface area contributed by atoms with Gasteiger partial charge in [0.2, 0.25) is 5.89 Å². The molecule has 0 aliphatic carbocycles. The number of nitrogens with one attached hydrogen (secondary N) is 1. The number of hydroxylamine groups is 1. The molecule has 1 unspecified atom stereocenters. The summed E-state index contributed by atoms with van der Waals surface area (Å²) in [6, 6.07) is 14.3. The molecule has 3 rings (SSSR count). The summed E-state index contributed by atoms with van der Waals surface area (Å²) in [5.41, 5.74) is 4.48. The van der Waals surface area contributed by atoms with Crippen LogP contribution in [0.3, 0.4) is 0 Å². The second kappa shape index (κ2) is 9.05. The molecule has 1 amide bonds. The molecule has 1 aromatic heterocycles. The molecule has 0 aliphatic rings. The van der Waals surface area contributed by atoms with Crippen molar-refractivity contribution in [2.45, 2.75) is 19.4 Å². The Hall–Kier alpha value is -3.32. The zero-order valence-electron chi connectivity index (χ0n) is 16.0. The van der Waals surface area contributed by atoms with Gasteiger partial charge in [0.05, 0.1) is 26.0 Å². The molecule has 1 heterocycles. The van der Waals surface area contributed by atoms with Gasteiger partial charge in [-0.2, -0.15) is 0 Å². The average Bonchev–Trinajstić information content (AvgIpc) is 3.20. The molecule has 0 saturated carbocycles. The van der Waals surface area contributed by atoms with E-state index in [4.69, 9.17) is 18.7 Å². The number of oxazole rings is 1. The Bertz CT molecular complexity index is 924. The summed E-state index contributed by atoms with van der Waals surface area (Å²) >= 11 is 0. The Balaban J connectivity index is 1.59. The van der Waals surface area contributed by atoms with Gasteiger partial charge < -0.3 is 13.9 Å². The predicted octanol–water partition coefficient (Wildman–Crippen LogP) is 3.65. The van der Waals surface area contributed by atoms with Crippen LogP contribution in [0.2, 0.25) is 0 Å². The molecular weight excluding hydrogens is 360 g/mol. The fourth-order valence-electron chi connectivity index (χ4n) is 2.64. The van der Waals surface area contributed by atoms with Crippen molar-refractivity contribution in [1.29, 1.82) is 0 Å². The third kappa shape index (κ3) is 4.69. The van der Waals surface area contributed by atoms with Crippen molar-refractivity contribution >= 4 is 5.91 Å². The highest BCUT2D eigenvalue weighted by Crippen LogP contribution is 2.32. The number of nitrogens with zero attached hydrogens (tertiary/aromatic N) is 1. The number of ether oxygens (including phenoxy) is 2. The van der Waals surface area contributed by atoms with Crippen LogP contribution in [-0.2, 0) is 11.3 Å². The van der Waals surface area contributed by atoms with Gasteiger partial charge in [-0.1, -0.05) is 18.2 Å². The van der Waals surface area contributed by atoms with Crippen LogP contribution >= 0.6 is 0 Å². The predicted molar refractivity (Wildman–Crippen MR) is 103 cm³/mol. The van der Waals surface area contributed by atoms with Crippen molar-refractivity contribution in [2.24, 2.45) is 0 Å². The lowest BCUT2D eigenvalue weighted by Crippen LogP contribution is -2.29. The molecule has 28 heavy (non-hydrogen) atoms. The number of carbonyl (C=O) groups excluding carboxylic acids is 1. The summed E-state index contributed by atoms with van der Waals surface area (Å²) in [6.07, 6.45) is 1.77. The first-order valence-corrected chi connectivity index (χ1v) is 8.78. The van der Waals surface area contributed by atoms with Gasteiger partial charge in [-0.05, 0) is 37.3 Å². The highest BCUT2D eigenvalue weighted by atomic mass is 16.7. The van der Waals surface area contributed by atoms with Gasteiger partial charge in [0.25, 0.3) is 5.91 Å². The molecule has 0 radical (unpaired) electrons. The zero-order chi connectivity index (χ0) is 19.9. The number of benzene rings is 2. The van der Waals surface area contributed by atoms with E-state index in [0.717, 1.165) is 5.56 Å². The standard InChI is InChI=1S/C21H22N2O5/c1-14(28-23-20(24)15-7-5-4-6-8-15)11-17-13-27-21(22-17)16-9-10-18(25-2)19(12-16)26-3/h4-10,12-14H,11H2,1-3H3,(H,23,24). The summed E-state index contributed by atoms with van der Waals surface area (Å²) < 4.78 is 16.1. The van der Waals surface area contributed by atoms with E-state index in [1.807, 2.05) is 19.1 Å². The van der Waals surface area contributed by atoms with Crippen molar-refractivity contribution in [3.05, 3.63) is 66.1 Å². The topological polar surface area (TPSA) is 82.8 Å². The highest BCUT2D eigenvalue weighted by Gasteiger charge is 2.14. The average molecular weight is 382 g/mol. The van der Waals surface area contributed by atoms with Crippen LogP contribution in [0.25, 0.3) is 11.5 Å². The molecule has 7 nitrogen and oxygen atoms in total. The molecule has 7 heteroatoms. The van der Waals surface area contributed by atoms with Crippen LogP contribution in [0.1, 0.15) is 23.0 Å². The third-order valence-electron chi connectivity index (χ3n) is 4.07. The van der Waals surface area contributed by atoms with Gasteiger partial charge in [-0.25, -0.2) is 10.5 Å². The summed E-state index contributed by atoms with van der Waals surface area (Å²) in [4.78, 5) is 21.9. The minimum Gasteiger partial charge on any atom is -0.493 e. The number of amides is 1. The normalized spacial score (nSPS) is 11.7. The van der Waals surface area contributed by atoms with Gasteiger partial charge in [0.15, 0.2) is 11.5 Å². The van der Waals surface area contributed by atoms with E-state index >= 15 is 0 Å². The van der Waals surface area contributed by atoms with Crippen LogP contribution in [-0.4, -0.2) is 31.2 Å². The first-order valence-electron chi connectivity index (χ1n) is 8.78. The fourth-order valence-corrected chi connectivity index (χ4v) is 2.64. The van der Waals surface area contributed by atoms with Gasteiger partial charge >= 0.3 is 0 Å². The van der Waals surface area contributed by atoms with E-state index in [0.29, 0.717) is 35.1 Å². The van der Waals surface area contributed by atoms with Crippen molar-refractivity contribution in [2.75, 3.05) is 14.2 Å². The maximum absolute atomic E-state index is 12.0. The third-order valence-corrected chi connectivity index (χ3v) is 4.07. The molecule has 1 N–H and O–H groups in total. The minimum atomic E-state index is -0.293. The number of hydrogen-bond donors (Lipinski definition) is 1. The van der Waals surface area contributed by atoms with Crippen LogP contribution in [0.4, 0.5) is 0 Å². The van der Waals surface area contributed by atoms with Crippen LogP contribution in [0, 0.1) is 0 Å². The van der Waals surface area contributed by atoms with Crippen molar-refractivity contribution in [1.82, 2.24) is 10.5 Å². The maximum atomic E-state index is 12.0. The smallest absolute Gasteiger partial charge is 0.274 e. The number of rotatable bonds is 8. The number of methoxy groups -OCH3 is 2. The number of aromatic nitrogens is 1. The quantitative estimate of drug-likeness (QED) is 0.599. The lowest BCUT2D eigenvalue weighted by atomic mass is 10.2. The molecular formula is C21H22N2O5. The first-order chi connectivity index (χ1) is 13.6. The number of carbonyl (C=O) groups is 1. The monoisotopic (exact) mass is 382 g/mol. The lowest BCUT2D eigenvalue weighted by Gasteiger charge is -2.11. The zero-order valence-corrected chi connectivity index (χ0v) is 16.0. The molecule has 3 aromatic rings. The molecule has 0 saturated heterocycles. The molecule has 0 spiro atoms. The van der Waals surface area contributed by atoms with Crippen molar-refractivity contribution in [3.8, 4) is 23.0 Å². The van der Waals surface area contributed by atoms with Gasteiger partial charge in [0, 0.05) is 17.5 Å². The summed E-state index contributed by atoms with van der Waals surface area (Å²) in [5, 5.41) is 0. The maximum Gasteiger partial charge on any atom is 0.274 e. The Morgan fingerprint density at radius 3 is 2.57 bits per heavy atom. The fraction of sp³-hybridized carbons (Fsp3) is 0.238. The molecule has 2 aromatic carbocycles. The van der Waals surface area contributed by atoms with Crippen LogP contribution < -0.4 is 15.0 Å². The number of hydrogen-bond acceptors (Lipinski definition) is 6. The Morgan fingerprint density at radius 1 is 1.11 bits per heavy atom. The van der Waals surface area contributed by atoms with Crippen molar-refractivity contribution in [3.63, 3.8) is 0 Å². The van der Waals surface area contributed by atoms with E-state index < -0.39 is 0 Å². The Morgan fingerprint density at radius 2 is 1.86 bits per heavy atom. The summed E-state index contributed by atoms with van der Waals surface area (Å²) in [5.74, 6) is 1.41. The van der Waals surface area contributed by atoms with Crippen molar-refractivity contribution < 1.29 is 23.5 Å². The largest absolute Gasteiger partial charge is 0.493 e. The lowest BCUT2D eigenvalue weighted by molar-refractivity contribution is -0.00770. The summed E-state index contributed by atoms with van der Waals surface area (Å²) in [6.45, 7) is 1.84. The second-order valence-electron chi connectivity index (χ2n) is 6.14. The Kier molecular flexibility index (Phi) is 6.29. The van der Waals surface area contributed by atoms with Gasteiger partial charge in [-0.3, -0.25) is 9.63 Å². The summed E-state index contributed by atoms with van der Waals surface area (Å²) in [7, 11) is 3.16. The Labute approximate surface area is 163 Å². The van der Waals surface area contributed by atoms with Gasteiger partial charge in [0.1, 0.15) is 6.26 Å². The molecule has 0 bridgehead atoms. The van der Waals surface area contributed by atoms with Crippen LogP contribution in [0.5, 0.6) is 11.5 Å². The molecule has 0 aliphatic heterocycles.